The van der Waals surface area contributed by atoms with Crippen LogP contribution in [0.2, 0.25) is 0 Å². The van der Waals surface area contributed by atoms with Crippen LogP contribution >= 0.6 is 0 Å². The Bertz CT molecular complexity index is 1920. The van der Waals surface area contributed by atoms with E-state index < -0.39 is 29.1 Å². The van der Waals surface area contributed by atoms with Crippen LogP contribution < -0.4 is 15.6 Å². The van der Waals surface area contributed by atoms with E-state index in [1.54, 1.807) is 18.3 Å². The van der Waals surface area contributed by atoms with Gasteiger partial charge in [-0.1, -0.05) is 13.0 Å². The first-order valence-electron chi connectivity index (χ1n) is 14.5. The minimum absolute atomic E-state index is 0.0774. The minimum atomic E-state index is -1.02. The molecule has 1 aliphatic rings. The van der Waals surface area contributed by atoms with Crippen molar-refractivity contribution in [3.63, 3.8) is 0 Å². The Balaban J connectivity index is 1.15. The molecule has 0 saturated carbocycles. The highest BCUT2D eigenvalue weighted by molar-refractivity contribution is 5.97. The van der Waals surface area contributed by atoms with Crippen molar-refractivity contribution in [1.29, 1.82) is 0 Å². The number of benzene rings is 2. The maximum absolute atomic E-state index is 15.2. The quantitative estimate of drug-likeness (QED) is 0.217. The molecule has 3 aromatic heterocycles. The smallest absolute Gasteiger partial charge is 0.282 e. The molecule has 1 aliphatic heterocycles. The summed E-state index contributed by atoms with van der Waals surface area (Å²) in [5, 5.41) is 7.69. The summed E-state index contributed by atoms with van der Waals surface area (Å²) in [6, 6.07) is 13.5. The Kier molecular flexibility index (Phi) is 8.56. The molecule has 6 rings (SSSR count). The summed E-state index contributed by atoms with van der Waals surface area (Å²) in [5.74, 6) is -0.978. The van der Waals surface area contributed by atoms with Crippen LogP contribution in [0.25, 0.3) is 16.6 Å². The molecule has 1 fully saturated rings. The third-order valence-electron chi connectivity index (χ3n) is 7.79. The number of fused-ring (bicyclic) bond motifs is 1. The van der Waals surface area contributed by atoms with Crippen LogP contribution in [-0.4, -0.2) is 62.3 Å². The Morgan fingerprint density at radius 2 is 1.84 bits per heavy atom. The number of Topliss-reactive ketones (excluding diaryl/α,β-unsaturated/α-hetero) is 1. The first-order valence-corrected chi connectivity index (χ1v) is 14.5. The van der Waals surface area contributed by atoms with E-state index in [1.165, 1.54) is 60.9 Å². The number of ether oxygens (including phenoxy) is 1. The van der Waals surface area contributed by atoms with Crippen LogP contribution in [0.3, 0.4) is 0 Å². The third kappa shape index (κ3) is 6.55. The lowest BCUT2D eigenvalue weighted by Gasteiger charge is -2.34. The van der Waals surface area contributed by atoms with Gasteiger partial charge in [-0.15, -0.1) is 0 Å². The summed E-state index contributed by atoms with van der Waals surface area (Å²) < 4.78 is 50.0. The summed E-state index contributed by atoms with van der Waals surface area (Å²) in [5.41, 5.74) is 0.376. The van der Waals surface area contributed by atoms with Crippen LogP contribution in [0.15, 0.2) is 84.0 Å². The van der Waals surface area contributed by atoms with Gasteiger partial charge in [-0.05, 0) is 67.1 Å². The number of hydrogen-bond donors (Lipinski definition) is 1. The molecule has 2 aromatic carbocycles. The number of nitrogens with one attached hydrogen (secondary N) is 1. The molecule has 9 nitrogen and oxygen atoms in total. The highest BCUT2D eigenvalue weighted by Gasteiger charge is 2.28. The first kappa shape index (κ1) is 29.9. The van der Waals surface area contributed by atoms with E-state index in [0.29, 0.717) is 46.7 Å². The SMILES string of the molecule is CCN1CCC(Nc2cc3nccc(Oc4ccc(CC(=O)c5ccnn(-c6ccc(F)cc6)c5=O)cc4F)c3cn2)C(F)C1. The van der Waals surface area contributed by atoms with Crippen molar-refractivity contribution in [1.82, 2.24) is 24.6 Å². The maximum atomic E-state index is 15.2. The van der Waals surface area contributed by atoms with Crippen molar-refractivity contribution < 1.29 is 22.7 Å². The van der Waals surface area contributed by atoms with Crippen molar-refractivity contribution in [3.8, 4) is 17.2 Å². The van der Waals surface area contributed by atoms with E-state index in [4.69, 9.17) is 4.74 Å². The number of aromatic nitrogens is 4. The van der Waals surface area contributed by atoms with Crippen LogP contribution in [0.5, 0.6) is 11.5 Å². The number of anilines is 1. The van der Waals surface area contributed by atoms with Gasteiger partial charge in [0.1, 0.15) is 23.6 Å². The number of carbonyl (C=O) groups excluding carboxylic acids is 1. The number of nitrogens with zero attached hydrogens (tertiary/aromatic N) is 5. The molecule has 2 unspecified atom stereocenters. The second kappa shape index (κ2) is 12.9. The molecule has 2 atom stereocenters. The number of carbonyl (C=O) groups is 1. The lowest BCUT2D eigenvalue weighted by atomic mass is 10.0. The van der Waals surface area contributed by atoms with Gasteiger partial charge in [-0.25, -0.2) is 18.2 Å². The fraction of sp³-hybridized carbons (Fsp3) is 0.242. The fourth-order valence-electron chi connectivity index (χ4n) is 5.32. The molecule has 5 aromatic rings. The van der Waals surface area contributed by atoms with Gasteiger partial charge in [-0.3, -0.25) is 14.6 Å². The number of piperidine rings is 1. The number of ketones is 1. The Hall–Kier alpha value is -5.10. The van der Waals surface area contributed by atoms with Gasteiger partial charge in [0.25, 0.3) is 5.56 Å². The molecule has 12 heteroatoms. The maximum Gasteiger partial charge on any atom is 0.282 e. The zero-order valence-electron chi connectivity index (χ0n) is 24.3. The number of likely N-dealkylation sites (tertiary alicyclic amines) is 1. The van der Waals surface area contributed by atoms with Crippen LogP contribution in [-0.2, 0) is 6.42 Å². The Morgan fingerprint density at radius 1 is 1.02 bits per heavy atom. The van der Waals surface area contributed by atoms with Crippen molar-refractivity contribution >= 4 is 22.5 Å². The topological polar surface area (TPSA) is 102 Å². The number of pyridine rings is 2. The van der Waals surface area contributed by atoms with Gasteiger partial charge in [0, 0.05) is 44.2 Å². The van der Waals surface area contributed by atoms with Gasteiger partial charge in [0.15, 0.2) is 17.3 Å². The molecule has 0 radical (unpaired) electrons. The predicted molar refractivity (Wildman–Crippen MR) is 163 cm³/mol. The van der Waals surface area contributed by atoms with Crippen molar-refractivity contribution in [3.05, 3.63) is 112 Å². The summed E-state index contributed by atoms with van der Waals surface area (Å²) >= 11 is 0. The van der Waals surface area contributed by atoms with E-state index >= 15 is 4.39 Å². The third-order valence-corrected chi connectivity index (χ3v) is 7.79. The molecular formula is C33H29F3N6O3. The average molecular weight is 615 g/mol. The van der Waals surface area contributed by atoms with E-state index in [1.807, 2.05) is 6.92 Å². The van der Waals surface area contributed by atoms with Crippen molar-refractivity contribution in [2.45, 2.75) is 32.0 Å². The van der Waals surface area contributed by atoms with E-state index in [-0.39, 0.29) is 23.8 Å². The fourth-order valence-corrected chi connectivity index (χ4v) is 5.32. The van der Waals surface area contributed by atoms with Crippen LogP contribution in [0.1, 0.15) is 29.3 Å². The second-order valence-corrected chi connectivity index (χ2v) is 10.7. The van der Waals surface area contributed by atoms with Gasteiger partial charge in [0.2, 0.25) is 0 Å². The lowest BCUT2D eigenvalue weighted by molar-refractivity contribution is 0.0990. The van der Waals surface area contributed by atoms with E-state index in [9.17, 15) is 18.4 Å². The van der Waals surface area contributed by atoms with Crippen LogP contribution in [0, 0.1) is 11.6 Å². The molecule has 1 saturated heterocycles. The van der Waals surface area contributed by atoms with Gasteiger partial charge in [-0.2, -0.15) is 9.78 Å². The summed E-state index contributed by atoms with van der Waals surface area (Å²) in [7, 11) is 0. The highest BCUT2D eigenvalue weighted by Crippen LogP contribution is 2.31. The minimum Gasteiger partial charge on any atom is -0.453 e. The molecule has 0 amide bonds. The van der Waals surface area contributed by atoms with Crippen molar-refractivity contribution in [2.24, 2.45) is 0 Å². The number of halogens is 3. The standard InChI is InChI=1S/C33H29F3N6O3/c1-2-41-14-11-27(26(36)19-41)40-32-17-28-24(18-38-32)30(10-12-37-28)45-31-8-3-20(15-25(31)35)16-29(43)23-9-13-39-42(33(23)44)22-6-4-21(34)5-7-22/h3-10,12-13,15,17-18,26-27H,2,11,14,16,19H2,1H3,(H,38,40). The second-order valence-electron chi connectivity index (χ2n) is 10.7. The zero-order chi connectivity index (χ0) is 31.5. The van der Waals surface area contributed by atoms with E-state index in [0.717, 1.165) is 17.8 Å². The molecule has 0 bridgehead atoms. The predicted octanol–water partition coefficient (Wildman–Crippen LogP) is 5.52. The molecule has 4 heterocycles. The highest BCUT2D eigenvalue weighted by atomic mass is 19.1. The number of alkyl halides is 1. The first-order chi connectivity index (χ1) is 21.8. The normalized spacial score (nSPS) is 16.9. The number of rotatable bonds is 9. The largest absolute Gasteiger partial charge is 0.453 e. The molecule has 1 N–H and O–H groups in total. The number of hydrogen-bond acceptors (Lipinski definition) is 8. The van der Waals surface area contributed by atoms with Crippen molar-refractivity contribution in [2.75, 3.05) is 25.0 Å². The van der Waals surface area contributed by atoms with Gasteiger partial charge < -0.3 is 15.0 Å². The molecule has 0 aliphatic carbocycles. The zero-order valence-corrected chi connectivity index (χ0v) is 24.3. The average Bonchev–Trinajstić information content (AvgIpc) is 3.04. The monoisotopic (exact) mass is 614 g/mol. The summed E-state index contributed by atoms with van der Waals surface area (Å²) in [4.78, 5) is 36.8. The van der Waals surface area contributed by atoms with Gasteiger partial charge in [0.05, 0.1) is 28.2 Å². The Labute approximate surface area is 256 Å². The summed E-state index contributed by atoms with van der Waals surface area (Å²) in [6.07, 6.45) is 3.77. The molecule has 45 heavy (non-hydrogen) atoms. The lowest BCUT2D eigenvalue weighted by Crippen LogP contribution is -2.47. The van der Waals surface area contributed by atoms with Crippen LogP contribution in [0.4, 0.5) is 19.0 Å². The Morgan fingerprint density at radius 3 is 2.60 bits per heavy atom. The molecule has 230 valence electrons. The molecular weight excluding hydrogens is 585 g/mol. The summed E-state index contributed by atoms with van der Waals surface area (Å²) in [6.45, 7) is 4.00. The molecule has 0 spiro atoms. The van der Waals surface area contributed by atoms with E-state index in [2.05, 4.69) is 25.3 Å². The van der Waals surface area contributed by atoms with Gasteiger partial charge >= 0.3 is 0 Å².